The van der Waals surface area contributed by atoms with Gasteiger partial charge in [0.2, 0.25) is 0 Å². The van der Waals surface area contributed by atoms with E-state index in [9.17, 15) is 0 Å². The van der Waals surface area contributed by atoms with Crippen molar-refractivity contribution in [2.75, 3.05) is 6.54 Å². The summed E-state index contributed by atoms with van der Waals surface area (Å²) in [4.78, 5) is 0. The minimum atomic E-state index is -0.568. The van der Waals surface area contributed by atoms with Gasteiger partial charge in [0, 0.05) is 6.54 Å². The second-order valence-electron chi connectivity index (χ2n) is 2.02. The van der Waals surface area contributed by atoms with Crippen LogP contribution in [-0.2, 0) is 0 Å². The van der Waals surface area contributed by atoms with Gasteiger partial charge in [-0.05, 0) is 6.92 Å². The summed E-state index contributed by atoms with van der Waals surface area (Å²) in [6, 6.07) is 0. The van der Waals surface area contributed by atoms with Crippen LogP contribution in [0.25, 0.3) is 0 Å². The lowest BCUT2D eigenvalue weighted by atomic mass is 10.3. The third-order valence-corrected chi connectivity index (χ3v) is 1.16. The molecule has 60 valence electrons. The van der Waals surface area contributed by atoms with Crippen molar-refractivity contribution >= 4 is 11.5 Å². The third-order valence-electron chi connectivity index (χ3n) is 1.16. The molecule has 0 bridgehead atoms. The lowest BCUT2D eigenvalue weighted by Crippen LogP contribution is -2.30. The summed E-state index contributed by atoms with van der Waals surface area (Å²) in [6.07, 6.45) is -0.568. The SMILES string of the molecule is CCNN=C1C(=N)N=NC1N. The molecule has 6 heteroatoms. The molecule has 4 N–H and O–H groups in total. The van der Waals surface area contributed by atoms with Gasteiger partial charge in [0.25, 0.3) is 0 Å². The molecule has 0 fully saturated rings. The molecule has 1 aliphatic rings. The van der Waals surface area contributed by atoms with Crippen molar-refractivity contribution < 1.29 is 0 Å². The van der Waals surface area contributed by atoms with Gasteiger partial charge < -0.3 is 11.2 Å². The Morgan fingerprint density at radius 2 is 2.55 bits per heavy atom. The first-order chi connectivity index (χ1) is 5.25. The van der Waals surface area contributed by atoms with Crippen molar-refractivity contribution in [3.8, 4) is 0 Å². The first-order valence-electron chi connectivity index (χ1n) is 3.31. The second kappa shape index (κ2) is 3.20. The molecule has 0 aromatic carbocycles. The van der Waals surface area contributed by atoms with E-state index in [1.54, 1.807) is 0 Å². The van der Waals surface area contributed by atoms with Crippen molar-refractivity contribution in [3.05, 3.63) is 0 Å². The van der Waals surface area contributed by atoms with Crippen LogP contribution in [0.5, 0.6) is 0 Å². The van der Waals surface area contributed by atoms with E-state index in [-0.39, 0.29) is 5.84 Å². The van der Waals surface area contributed by atoms with Crippen LogP contribution in [0.3, 0.4) is 0 Å². The molecule has 0 amide bonds. The predicted molar refractivity (Wildman–Crippen MR) is 41.7 cm³/mol. The Morgan fingerprint density at radius 3 is 3.00 bits per heavy atom. The van der Waals surface area contributed by atoms with E-state index in [0.29, 0.717) is 12.3 Å². The Kier molecular flexibility index (Phi) is 2.27. The summed E-state index contributed by atoms with van der Waals surface area (Å²) in [5.41, 5.74) is 8.53. The van der Waals surface area contributed by atoms with E-state index in [1.165, 1.54) is 0 Å². The molecule has 0 aromatic rings. The zero-order valence-corrected chi connectivity index (χ0v) is 6.20. The standard InChI is InChI=1S/C5H10N6/c1-2-8-9-3-4(6)10-11-5(3)7/h4,7-8H,2,6H2,1H3. The number of amidine groups is 1. The molecule has 1 unspecified atom stereocenters. The van der Waals surface area contributed by atoms with Gasteiger partial charge in [-0.3, -0.25) is 5.41 Å². The molecule has 0 spiro atoms. The highest BCUT2D eigenvalue weighted by molar-refractivity contribution is 6.43. The normalized spacial score (nSPS) is 26.5. The zero-order valence-electron chi connectivity index (χ0n) is 6.20. The van der Waals surface area contributed by atoms with E-state index in [0.717, 1.165) is 0 Å². The Morgan fingerprint density at radius 1 is 1.82 bits per heavy atom. The second-order valence-corrected chi connectivity index (χ2v) is 2.02. The highest BCUT2D eigenvalue weighted by Crippen LogP contribution is 2.01. The lowest BCUT2D eigenvalue weighted by Gasteiger charge is -1.99. The molecule has 0 aromatic heterocycles. The van der Waals surface area contributed by atoms with Gasteiger partial charge in [-0.25, -0.2) is 0 Å². The minimum Gasteiger partial charge on any atom is -0.310 e. The average Bonchev–Trinajstić information content (AvgIpc) is 2.29. The minimum absolute atomic E-state index is 0.0402. The van der Waals surface area contributed by atoms with E-state index < -0.39 is 6.17 Å². The number of rotatable bonds is 2. The van der Waals surface area contributed by atoms with Crippen LogP contribution in [0.15, 0.2) is 15.3 Å². The number of nitrogens with zero attached hydrogens (tertiary/aromatic N) is 3. The van der Waals surface area contributed by atoms with Gasteiger partial charge >= 0.3 is 0 Å². The van der Waals surface area contributed by atoms with E-state index in [2.05, 4.69) is 20.8 Å². The molecular weight excluding hydrogens is 144 g/mol. The Labute approximate surface area is 64.1 Å². The van der Waals surface area contributed by atoms with Crippen LogP contribution >= 0.6 is 0 Å². The van der Waals surface area contributed by atoms with Gasteiger partial charge in [0.05, 0.1) is 0 Å². The number of azo groups is 1. The average molecular weight is 154 g/mol. The Balaban J connectivity index is 2.65. The Bertz CT molecular complexity index is 217. The maximum atomic E-state index is 7.20. The number of nitrogens with two attached hydrogens (primary N) is 1. The quantitative estimate of drug-likeness (QED) is 0.475. The number of hydrazone groups is 1. The molecule has 0 saturated carbocycles. The van der Waals surface area contributed by atoms with Crippen molar-refractivity contribution in [1.29, 1.82) is 5.41 Å². The summed E-state index contributed by atoms with van der Waals surface area (Å²) >= 11 is 0. The van der Waals surface area contributed by atoms with Crippen molar-refractivity contribution in [1.82, 2.24) is 5.43 Å². The van der Waals surface area contributed by atoms with Gasteiger partial charge in [0.1, 0.15) is 5.71 Å². The van der Waals surface area contributed by atoms with Crippen LogP contribution in [0.2, 0.25) is 0 Å². The van der Waals surface area contributed by atoms with Gasteiger partial charge in [-0.15, -0.1) is 5.11 Å². The van der Waals surface area contributed by atoms with Gasteiger partial charge in [-0.1, -0.05) is 0 Å². The molecule has 0 saturated heterocycles. The molecule has 1 rings (SSSR count). The number of nitrogens with one attached hydrogen (secondary N) is 2. The van der Waals surface area contributed by atoms with Crippen LogP contribution in [0, 0.1) is 5.41 Å². The van der Waals surface area contributed by atoms with E-state index in [4.69, 9.17) is 11.1 Å². The summed E-state index contributed by atoms with van der Waals surface area (Å²) < 4.78 is 0. The van der Waals surface area contributed by atoms with E-state index in [1.807, 2.05) is 6.92 Å². The van der Waals surface area contributed by atoms with Crippen LogP contribution in [-0.4, -0.2) is 24.3 Å². The molecule has 1 heterocycles. The van der Waals surface area contributed by atoms with Crippen molar-refractivity contribution in [2.24, 2.45) is 21.1 Å². The smallest absolute Gasteiger partial charge is 0.194 e. The predicted octanol–water partition coefficient (Wildman–Crippen LogP) is -0.320. The summed E-state index contributed by atoms with van der Waals surface area (Å²) in [5.74, 6) is 0.0402. The van der Waals surface area contributed by atoms with Crippen molar-refractivity contribution in [2.45, 2.75) is 13.1 Å². The molecule has 0 radical (unpaired) electrons. The highest BCUT2D eigenvalue weighted by Gasteiger charge is 2.21. The molecule has 6 nitrogen and oxygen atoms in total. The number of hydrogen-bond donors (Lipinski definition) is 3. The zero-order chi connectivity index (χ0) is 8.27. The maximum absolute atomic E-state index is 7.20. The molecule has 11 heavy (non-hydrogen) atoms. The maximum Gasteiger partial charge on any atom is 0.194 e. The molecule has 0 aliphatic carbocycles. The topological polar surface area (TPSA) is 99.0 Å². The highest BCUT2D eigenvalue weighted by atomic mass is 15.3. The monoisotopic (exact) mass is 154 g/mol. The van der Waals surface area contributed by atoms with Crippen molar-refractivity contribution in [3.63, 3.8) is 0 Å². The summed E-state index contributed by atoms with van der Waals surface area (Å²) in [7, 11) is 0. The first kappa shape index (κ1) is 7.80. The molecule has 1 atom stereocenters. The first-order valence-corrected chi connectivity index (χ1v) is 3.31. The molecule has 1 aliphatic heterocycles. The van der Waals surface area contributed by atoms with Gasteiger partial charge in [-0.2, -0.15) is 10.2 Å². The Hall–Kier alpha value is -1.30. The molecular formula is C5H10N6. The lowest BCUT2D eigenvalue weighted by molar-refractivity contribution is 0.771. The van der Waals surface area contributed by atoms with Gasteiger partial charge in [0.15, 0.2) is 12.0 Å². The fraction of sp³-hybridized carbons (Fsp3) is 0.600. The number of hydrogen-bond acceptors (Lipinski definition) is 5. The fourth-order valence-electron chi connectivity index (χ4n) is 0.649. The third kappa shape index (κ3) is 1.58. The van der Waals surface area contributed by atoms with Crippen LogP contribution in [0.1, 0.15) is 6.92 Å². The van der Waals surface area contributed by atoms with Crippen LogP contribution in [0.4, 0.5) is 0 Å². The van der Waals surface area contributed by atoms with E-state index >= 15 is 0 Å². The fourth-order valence-corrected chi connectivity index (χ4v) is 0.649. The summed E-state index contributed by atoms with van der Waals surface area (Å²) in [6.45, 7) is 2.60. The van der Waals surface area contributed by atoms with Crippen LogP contribution < -0.4 is 11.2 Å². The largest absolute Gasteiger partial charge is 0.310 e. The summed E-state index contributed by atoms with van der Waals surface area (Å²) in [5, 5.41) is 18.1.